The van der Waals surface area contributed by atoms with Gasteiger partial charge in [-0.25, -0.2) is 4.79 Å². The van der Waals surface area contributed by atoms with Crippen LogP contribution in [0.4, 0.5) is 0 Å². The number of thioether (sulfide) groups is 2. The topological polar surface area (TPSA) is 398 Å². The van der Waals surface area contributed by atoms with Crippen molar-refractivity contribution in [1.29, 1.82) is 0 Å². The van der Waals surface area contributed by atoms with Crippen molar-refractivity contribution < 1.29 is 58.2 Å². The molecule has 26 heteroatoms. The second kappa shape index (κ2) is 36.9. The van der Waals surface area contributed by atoms with Crippen LogP contribution in [-0.4, -0.2) is 160 Å². The Morgan fingerprint density at radius 2 is 0.974 bits per heavy atom. The average molecular weight is 1140 g/mol. The Labute approximate surface area is 467 Å². The van der Waals surface area contributed by atoms with E-state index < -0.39 is 144 Å². The fraction of sp³-hybridized carbons (Fsp3) is 0.673. The standard InChI is InChI=1S/C52H88N12O12S2/c1-11-31(8)42(64-48(72)38(26-28(2)3)61-43(67)33(53)27-32-16-13-12-14-17-32)50(74)59-34(18-15-23-56-52(54)55)44(68)58-36(21-24-77-9)45(69)57-35(19-20-39(65)66)46(70)62-40(29(4)5)49(73)60-37(22-25-78-10)47(71)63-41(30(6)7)51(75)76/h12-14,16-17,28-31,33-38,40-42H,11,15,18-27,53H2,1-10H3,(H,57,69)(H,58,68)(H,59,74)(H,60,73)(H,61,67)(H,62,70)(H,63,71)(H,64,72)(H,65,66)(H,75,76)(H4,54,55,56). The smallest absolute Gasteiger partial charge is 0.326 e. The summed E-state index contributed by atoms with van der Waals surface area (Å²) in [6, 6.07) is -2.16. The van der Waals surface area contributed by atoms with Crippen molar-refractivity contribution in [3.63, 3.8) is 0 Å². The SMILES string of the molecule is CCC(C)C(NC(=O)C(CC(C)C)NC(=O)C(N)Cc1ccccc1)C(=O)NC(CCCN=C(N)N)C(=O)NC(CCSC)C(=O)NC(CCC(=O)O)C(=O)NC(C(=O)NC(CCSC)C(=O)NC(C(=O)O)C(C)C)C(C)C. The van der Waals surface area contributed by atoms with Crippen LogP contribution >= 0.6 is 23.5 Å². The van der Waals surface area contributed by atoms with Gasteiger partial charge < -0.3 is 69.9 Å². The minimum atomic E-state index is -1.56. The first-order valence-electron chi connectivity index (χ1n) is 26.4. The third kappa shape index (κ3) is 26.5. The van der Waals surface area contributed by atoms with E-state index >= 15 is 0 Å². The maximum Gasteiger partial charge on any atom is 0.326 e. The number of guanidine groups is 1. The molecule has 0 aliphatic rings. The summed E-state index contributed by atoms with van der Waals surface area (Å²) in [6.07, 6.45) is 3.55. The highest BCUT2D eigenvalue weighted by molar-refractivity contribution is 7.98. The number of nitrogens with zero attached hydrogens (tertiary/aromatic N) is 1. The van der Waals surface area contributed by atoms with Crippen molar-refractivity contribution in [1.82, 2.24) is 42.5 Å². The van der Waals surface area contributed by atoms with Crippen LogP contribution in [0, 0.1) is 23.7 Å². The molecule has 0 spiro atoms. The molecule has 0 saturated carbocycles. The zero-order valence-corrected chi connectivity index (χ0v) is 48.5. The lowest BCUT2D eigenvalue weighted by molar-refractivity contribution is -0.143. The quantitative estimate of drug-likeness (QED) is 0.0241. The first kappa shape index (κ1) is 69.9. The van der Waals surface area contributed by atoms with Crippen LogP contribution in [0.5, 0.6) is 0 Å². The van der Waals surface area contributed by atoms with E-state index in [1.54, 1.807) is 54.1 Å². The molecule has 0 heterocycles. The number of hydrogen-bond acceptors (Lipinski definition) is 14. The molecule has 0 aliphatic heterocycles. The molecular formula is C52H88N12O12S2. The minimum Gasteiger partial charge on any atom is -0.481 e. The number of aliphatic imine (C=N–C) groups is 1. The highest BCUT2D eigenvalue weighted by Gasteiger charge is 2.37. The fourth-order valence-corrected chi connectivity index (χ4v) is 8.78. The summed E-state index contributed by atoms with van der Waals surface area (Å²) in [6.45, 7) is 13.8. The van der Waals surface area contributed by atoms with Crippen molar-refractivity contribution in [2.45, 2.75) is 168 Å². The lowest BCUT2D eigenvalue weighted by Crippen LogP contribution is -2.61. The van der Waals surface area contributed by atoms with E-state index in [4.69, 9.17) is 17.2 Å². The maximum atomic E-state index is 14.4. The van der Waals surface area contributed by atoms with Gasteiger partial charge in [0.1, 0.15) is 48.3 Å². The Morgan fingerprint density at radius 3 is 1.42 bits per heavy atom. The van der Waals surface area contributed by atoms with E-state index in [0.29, 0.717) is 17.9 Å². The lowest BCUT2D eigenvalue weighted by atomic mass is 9.96. The van der Waals surface area contributed by atoms with Crippen LogP contribution in [0.2, 0.25) is 0 Å². The molecule has 0 aliphatic carbocycles. The first-order valence-corrected chi connectivity index (χ1v) is 29.2. The van der Waals surface area contributed by atoms with Gasteiger partial charge in [0.15, 0.2) is 5.96 Å². The molecule has 16 N–H and O–H groups in total. The van der Waals surface area contributed by atoms with Crippen LogP contribution in [0.1, 0.15) is 112 Å². The van der Waals surface area contributed by atoms with Gasteiger partial charge in [0.05, 0.1) is 6.04 Å². The monoisotopic (exact) mass is 1140 g/mol. The number of carbonyl (C=O) groups excluding carboxylic acids is 8. The van der Waals surface area contributed by atoms with E-state index in [0.717, 1.165) is 5.56 Å². The molecule has 0 radical (unpaired) electrons. The maximum absolute atomic E-state index is 14.4. The first-order chi connectivity index (χ1) is 36.7. The predicted octanol–water partition coefficient (Wildman–Crippen LogP) is 0.348. The van der Waals surface area contributed by atoms with Crippen molar-refractivity contribution in [2.24, 2.45) is 45.9 Å². The van der Waals surface area contributed by atoms with E-state index in [1.165, 1.54) is 23.5 Å². The minimum absolute atomic E-state index is 0.000259. The zero-order valence-electron chi connectivity index (χ0n) is 46.9. The largest absolute Gasteiger partial charge is 0.481 e. The highest BCUT2D eigenvalue weighted by atomic mass is 32.2. The normalized spacial score (nSPS) is 15.1. The summed E-state index contributed by atoms with van der Waals surface area (Å²) in [5.74, 6) is -9.88. The second-order valence-corrected chi connectivity index (χ2v) is 22.3. The number of nitrogens with two attached hydrogens (primary N) is 3. The van der Waals surface area contributed by atoms with Gasteiger partial charge in [-0.1, -0.05) is 92.1 Å². The van der Waals surface area contributed by atoms with E-state index in [-0.39, 0.29) is 56.9 Å². The Balaban J connectivity index is 3.54. The third-order valence-corrected chi connectivity index (χ3v) is 13.9. The molecule has 0 bridgehead atoms. The number of carboxylic acids is 2. The summed E-state index contributed by atoms with van der Waals surface area (Å²) in [5.41, 5.74) is 18.2. The van der Waals surface area contributed by atoms with Crippen LogP contribution in [0.15, 0.2) is 35.3 Å². The summed E-state index contributed by atoms with van der Waals surface area (Å²) in [5, 5.41) is 40.5. The number of carboxylic acid groups (broad SMARTS) is 2. The van der Waals surface area contributed by atoms with Crippen molar-refractivity contribution >= 4 is 88.7 Å². The number of nitrogens with one attached hydrogen (secondary N) is 8. The molecule has 440 valence electrons. The van der Waals surface area contributed by atoms with Crippen LogP contribution in [0.3, 0.4) is 0 Å². The molecule has 0 saturated heterocycles. The Kier molecular flexibility index (Phi) is 33.0. The van der Waals surface area contributed by atoms with E-state index in [1.807, 2.05) is 44.2 Å². The summed E-state index contributed by atoms with van der Waals surface area (Å²) in [7, 11) is 0. The number of hydrogen-bond donors (Lipinski definition) is 13. The van der Waals surface area contributed by atoms with Gasteiger partial charge in [-0.3, -0.25) is 48.1 Å². The van der Waals surface area contributed by atoms with Crippen LogP contribution in [-0.2, 0) is 54.4 Å². The van der Waals surface area contributed by atoms with Crippen molar-refractivity contribution in [3.05, 3.63) is 35.9 Å². The Bertz CT molecular complexity index is 2150. The summed E-state index contributed by atoms with van der Waals surface area (Å²) in [4.78, 5) is 139. The summed E-state index contributed by atoms with van der Waals surface area (Å²) < 4.78 is 0. The summed E-state index contributed by atoms with van der Waals surface area (Å²) >= 11 is 2.72. The molecule has 78 heavy (non-hydrogen) atoms. The fourth-order valence-electron chi connectivity index (χ4n) is 7.84. The second-order valence-electron chi connectivity index (χ2n) is 20.3. The van der Waals surface area contributed by atoms with Gasteiger partial charge in [0.2, 0.25) is 47.3 Å². The number of amides is 8. The molecule has 10 unspecified atom stereocenters. The van der Waals surface area contributed by atoms with Crippen molar-refractivity contribution in [3.8, 4) is 0 Å². The molecule has 24 nitrogen and oxygen atoms in total. The molecule has 10 atom stereocenters. The molecular weight excluding hydrogens is 1050 g/mol. The van der Waals surface area contributed by atoms with Gasteiger partial charge in [-0.2, -0.15) is 23.5 Å². The average Bonchev–Trinajstić information content (AvgIpc) is 3.37. The van der Waals surface area contributed by atoms with Crippen LogP contribution in [0.25, 0.3) is 0 Å². The molecule has 0 fully saturated rings. The Hall–Kier alpha value is -6.15. The molecule has 1 rings (SSSR count). The number of benzene rings is 1. The van der Waals surface area contributed by atoms with Crippen LogP contribution < -0.4 is 59.7 Å². The highest BCUT2D eigenvalue weighted by Crippen LogP contribution is 2.15. The van der Waals surface area contributed by atoms with Gasteiger partial charge in [0.25, 0.3) is 0 Å². The number of aliphatic carboxylic acids is 2. The van der Waals surface area contributed by atoms with Gasteiger partial charge in [0, 0.05) is 13.0 Å². The molecule has 1 aromatic carbocycles. The number of rotatable bonds is 38. The number of carbonyl (C=O) groups is 10. The predicted molar refractivity (Wildman–Crippen MR) is 303 cm³/mol. The van der Waals surface area contributed by atoms with E-state index in [9.17, 15) is 58.2 Å². The van der Waals surface area contributed by atoms with Gasteiger partial charge in [-0.05, 0) is 98.2 Å². The molecule has 1 aromatic rings. The lowest BCUT2D eigenvalue weighted by Gasteiger charge is -2.30. The third-order valence-electron chi connectivity index (χ3n) is 12.6. The van der Waals surface area contributed by atoms with Crippen molar-refractivity contribution in [2.75, 3.05) is 30.6 Å². The van der Waals surface area contributed by atoms with E-state index in [2.05, 4.69) is 47.5 Å². The molecule has 0 aromatic heterocycles. The molecule has 8 amide bonds. The van der Waals surface area contributed by atoms with Gasteiger partial charge in [-0.15, -0.1) is 0 Å². The van der Waals surface area contributed by atoms with Gasteiger partial charge >= 0.3 is 11.9 Å². The zero-order chi connectivity index (χ0) is 59.2. The Morgan fingerprint density at radius 1 is 0.551 bits per heavy atom.